The minimum atomic E-state index is -4.74. The monoisotopic (exact) mass is 521 g/mol. The van der Waals surface area contributed by atoms with Crippen LogP contribution >= 0.6 is 0 Å². The van der Waals surface area contributed by atoms with E-state index in [1.807, 2.05) is 32.0 Å². The first-order valence-corrected chi connectivity index (χ1v) is 11.6. The van der Waals surface area contributed by atoms with E-state index in [1.165, 1.54) is 12.3 Å². The Morgan fingerprint density at radius 3 is 2.63 bits per heavy atom. The Bertz CT molecular complexity index is 1710. The molecule has 0 radical (unpaired) electrons. The zero-order valence-electron chi connectivity index (χ0n) is 20.7. The molecule has 0 saturated carbocycles. The Morgan fingerprint density at radius 1 is 1.08 bits per heavy atom. The molecule has 0 fully saturated rings. The maximum atomic E-state index is 13.2. The number of ether oxygens (including phenoxy) is 1. The zero-order valence-corrected chi connectivity index (χ0v) is 20.7. The number of hydrogen-bond donors (Lipinski definition) is 0. The second kappa shape index (κ2) is 9.69. The van der Waals surface area contributed by atoms with Gasteiger partial charge in [0.05, 0.1) is 12.2 Å². The molecule has 0 aliphatic heterocycles. The third-order valence-corrected chi connectivity index (χ3v) is 6.19. The van der Waals surface area contributed by atoms with Gasteiger partial charge in [0.15, 0.2) is 5.82 Å². The molecule has 0 N–H and O–H groups in total. The lowest BCUT2D eigenvalue weighted by Crippen LogP contribution is -2.29. The van der Waals surface area contributed by atoms with E-state index in [2.05, 4.69) is 25.5 Å². The van der Waals surface area contributed by atoms with E-state index in [0.717, 1.165) is 32.8 Å². The van der Waals surface area contributed by atoms with Crippen LogP contribution in [0.4, 0.5) is 13.2 Å². The number of benzene rings is 1. The molecule has 5 aromatic rings. The van der Waals surface area contributed by atoms with E-state index in [1.54, 1.807) is 30.1 Å². The molecule has 9 nitrogen and oxygen atoms in total. The second-order valence-corrected chi connectivity index (χ2v) is 8.78. The minimum Gasteiger partial charge on any atom is -0.487 e. The van der Waals surface area contributed by atoms with Crippen molar-refractivity contribution in [1.29, 1.82) is 0 Å². The largest absolute Gasteiger partial charge is 0.487 e. The van der Waals surface area contributed by atoms with E-state index in [-0.39, 0.29) is 13.2 Å². The number of rotatable bonds is 6. The van der Waals surface area contributed by atoms with Crippen LogP contribution in [0, 0.1) is 13.8 Å². The Morgan fingerprint density at radius 2 is 1.89 bits per heavy atom. The molecule has 0 amide bonds. The van der Waals surface area contributed by atoms with Gasteiger partial charge in [-0.1, -0.05) is 12.1 Å². The number of halogens is 3. The molecule has 194 valence electrons. The van der Waals surface area contributed by atoms with E-state index in [4.69, 9.17) is 4.74 Å². The van der Waals surface area contributed by atoms with Gasteiger partial charge in [0.1, 0.15) is 23.4 Å². The lowest BCUT2D eigenvalue weighted by atomic mass is 10.1. The maximum absolute atomic E-state index is 13.2. The quantitative estimate of drug-likeness (QED) is 0.329. The summed E-state index contributed by atoms with van der Waals surface area (Å²) in [4.78, 5) is 21.5. The fraction of sp³-hybridized carbons (Fsp3) is 0.231. The number of aromatic nitrogens is 7. The lowest BCUT2D eigenvalue weighted by Gasteiger charge is -2.16. The van der Waals surface area contributed by atoms with Crippen LogP contribution in [0.25, 0.3) is 22.3 Å². The van der Waals surface area contributed by atoms with Crippen LogP contribution in [0.5, 0.6) is 5.75 Å². The summed E-state index contributed by atoms with van der Waals surface area (Å²) in [5, 5.41) is 12.6. The van der Waals surface area contributed by atoms with E-state index in [0.29, 0.717) is 28.3 Å². The summed E-state index contributed by atoms with van der Waals surface area (Å²) >= 11 is 0. The van der Waals surface area contributed by atoms with Gasteiger partial charge in [-0.15, -0.1) is 5.10 Å². The van der Waals surface area contributed by atoms with Crippen molar-refractivity contribution in [2.45, 2.75) is 33.2 Å². The summed E-state index contributed by atoms with van der Waals surface area (Å²) < 4.78 is 48.5. The van der Waals surface area contributed by atoms with E-state index >= 15 is 0 Å². The Kier molecular flexibility index (Phi) is 6.39. The van der Waals surface area contributed by atoms with Crippen LogP contribution in [0.15, 0.2) is 59.7 Å². The van der Waals surface area contributed by atoms with Gasteiger partial charge in [-0.25, -0.2) is 9.67 Å². The predicted octanol–water partition coefficient (Wildman–Crippen LogP) is 4.24. The van der Waals surface area contributed by atoms with Gasteiger partial charge < -0.3 is 9.30 Å². The Balaban J connectivity index is 1.50. The molecular formula is C26H22F3N7O2. The van der Waals surface area contributed by atoms with Crippen molar-refractivity contribution in [3.63, 3.8) is 0 Å². The molecule has 0 aliphatic carbocycles. The van der Waals surface area contributed by atoms with E-state index < -0.39 is 17.3 Å². The average molecular weight is 522 g/mol. The average Bonchev–Trinajstić information content (AvgIpc) is 3.29. The van der Waals surface area contributed by atoms with E-state index in [9.17, 15) is 18.0 Å². The smallest absolute Gasteiger partial charge is 0.421 e. The molecule has 38 heavy (non-hydrogen) atoms. The molecule has 0 unspecified atom stereocenters. The molecule has 0 aliphatic rings. The molecule has 0 atom stereocenters. The van der Waals surface area contributed by atoms with Crippen molar-refractivity contribution in [1.82, 2.24) is 34.7 Å². The molecule has 5 rings (SSSR count). The Hall–Kier alpha value is -4.61. The van der Waals surface area contributed by atoms with Crippen molar-refractivity contribution in [3.05, 3.63) is 93.3 Å². The molecule has 0 bridgehead atoms. The molecule has 4 heterocycles. The first-order valence-electron chi connectivity index (χ1n) is 11.6. The number of nitrogens with zero attached hydrogens (tertiary/aromatic N) is 7. The maximum Gasteiger partial charge on any atom is 0.421 e. The standard InChI is InChI=1S/C26H22F3N7O2/c1-15-9-10-30-21(13-36-11-5-7-20(25(36)37)26(27,28)29)19(15)14-38-22-8-4-6-17-18(12-16(2)31-23(17)22)24-32-33-34-35(24)3/h4-12H,13-14H2,1-3H3. The Labute approximate surface area is 214 Å². The van der Waals surface area contributed by atoms with Crippen molar-refractivity contribution in [2.75, 3.05) is 0 Å². The van der Waals surface area contributed by atoms with Crippen LogP contribution in [0.2, 0.25) is 0 Å². The van der Waals surface area contributed by atoms with Crippen molar-refractivity contribution < 1.29 is 17.9 Å². The number of tetrazole rings is 1. The fourth-order valence-electron chi connectivity index (χ4n) is 4.28. The number of aryl methyl sites for hydroxylation is 3. The van der Waals surface area contributed by atoms with Gasteiger partial charge >= 0.3 is 6.18 Å². The summed E-state index contributed by atoms with van der Waals surface area (Å²) in [7, 11) is 1.75. The fourth-order valence-corrected chi connectivity index (χ4v) is 4.28. The number of hydrogen-bond acceptors (Lipinski definition) is 7. The summed E-state index contributed by atoms with van der Waals surface area (Å²) in [5.74, 6) is 1.09. The normalized spacial score (nSPS) is 11.7. The van der Waals surface area contributed by atoms with Crippen molar-refractivity contribution in [3.8, 4) is 17.1 Å². The van der Waals surface area contributed by atoms with Gasteiger partial charge in [-0.05, 0) is 60.2 Å². The SMILES string of the molecule is Cc1cc(-c2nnnn2C)c2cccc(OCc3c(C)ccnc3Cn3cccc(C(F)(F)F)c3=O)c2n1. The highest BCUT2D eigenvalue weighted by atomic mass is 19.4. The summed E-state index contributed by atoms with van der Waals surface area (Å²) in [6, 6.07) is 11.2. The van der Waals surface area contributed by atoms with Crippen molar-refractivity contribution >= 4 is 10.9 Å². The van der Waals surface area contributed by atoms with Gasteiger partial charge in [0.25, 0.3) is 5.56 Å². The van der Waals surface area contributed by atoms with Gasteiger partial charge in [0, 0.05) is 41.6 Å². The molecule has 0 spiro atoms. The van der Waals surface area contributed by atoms with Gasteiger partial charge in [-0.3, -0.25) is 9.78 Å². The van der Waals surface area contributed by atoms with Crippen LogP contribution in [0.1, 0.15) is 28.1 Å². The zero-order chi connectivity index (χ0) is 27.0. The second-order valence-electron chi connectivity index (χ2n) is 8.78. The molecule has 0 saturated heterocycles. The van der Waals surface area contributed by atoms with Crippen LogP contribution < -0.4 is 10.3 Å². The molecular weight excluding hydrogens is 499 g/mol. The highest BCUT2D eigenvalue weighted by Crippen LogP contribution is 2.32. The lowest BCUT2D eigenvalue weighted by molar-refractivity contribution is -0.138. The minimum absolute atomic E-state index is 0.0678. The van der Waals surface area contributed by atoms with Gasteiger partial charge in [-0.2, -0.15) is 13.2 Å². The number of alkyl halides is 3. The van der Waals surface area contributed by atoms with Crippen LogP contribution in [-0.2, 0) is 26.4 Å². The molecule has 12 heteroatoms. The number of fused-ring (bicyclic) bond motifs is 1. The molecule has 1 aromatic carbocycles. The number of para-hydroxylation sites is 1. The van der Waals surface area contributed by atoms with Gasteiger partial charge in [0.2, 0.25) is 0 Å². The highest BCUT2D eigenvalue weighted by Gasteiger charge is 2.34. The third-order valence-electron chi connectivity index (χ3n) is 6.19. The highest BCUT2D eigenvalue weighted by molar-refractivity contribution is 5.96. The summed E-state index contributed by atoms with van der Waals surface area (Å²) in [5.41, 5.74) is 1.72. The summed E-state index contributed by atoms with van der Waals surface area (Å²) in [6.45, 7) is 3.64. The first kappa shape index (κ1) is 25.1. The van der Waals surface area contributed by atoms with Crippen LogP contribution in [0.3, 0.4) is 0 Å². The van der Waals surface area contributed by atoms with Crippen LogP contribution in [-0.4, -0.2) is 34.7 Å². The first-order chi connectivity index (χ1) is 18.1. The third kappa shape index (κ3) is 4.72. The summed E-state index contributed by atoms with van der Waals surface area (Å²) in [6.07, 6.45) is -1.88. The predicted molar refractivity (Wildman–Crippen MR) is 132 cm³/mol. The van der Waals surface area contributed by atoms with Crippen molar-refractivity contribution in [2.24, 2.45) is 7.05 Å². The number of pyridine rings is 3. The molecule has 4 aromatic heterocycles. The topological polar surface area (TPSA) is 101 Å².